The van der Waals surface area contributed by atoms with Crippen LogP contribution >= 0.6 is 11.6 Å². The van der Waals surface area contributed by atoms with Crippen molar-refractivity contribution >= 4 is 17.6 Å². The minimum atomic E-state index is -0.00614. The number of benzene rings is 1. The van der Waals surface area contributed by atoms with Crippen LogP contribution in [0.5, 0.6) is 5.75 Å². The lowest BCUT2D eigenvalue weighted by molar-refractivity contribution is 0.229. The SMILES string of the molecule is CC(CN=C(N(C)C)N(C)C)Oc1cccc(Cl)c1. The maximum absolute atomic E-state index is 5.92. The summed E-state index contributed by atoms with van der Waals surface area (Å²) in [7, 11) is 7.89. The molecule has 1 aromatic rings. The van der Waals surface area contributed by atoms with Crippen LogP contribution in [0.25, 0.3) is 0 Å². The van der Waals surface area contributed by atoms with Gasteiger partial charge in [0.2, 0.25) is 0 Å². The van der Waals surface area contributed by atoms with Crippen LogP contribution in [0.1, 0.15) is 6.92 Å². The molecule has 1 rings (SSSR count). The highest BCUT2D eigenvalue weighted by Crippen LogP contribution is 2.18. The number of hydrogen-bond acceptors (Lipinski definition) is 2. The quantitative estimate of drug-likeness (QED) is 0.628. The third-order valence-electron chi connectivity index (χ3n) is 2.42. The first-order chi connectivity index (χ1) is 8.90. The van der Waals surface area contributed by atoms with Crippen molar-refractivity contribution in [2.75, 3.05) is 34.7 Å². The van der Waals surface area contributed by atoms with Crippen molar-refractivity contribution in [3.05, 3.63) is 29.3 Å². The summed E-state index contributed by atoms with van der Waals surface area (Å²) in [5, 5.41) is 0.676. The van der Waals surface area contributed by atoms with Crippen LogP contribution in [0.2, 0.25) is 5.02 Å². The molecule has 0 radical (unpaired) electrons. The zero-order valence-corrected chi connectivity index (χ0v) is 13.0. The van der Waals surface area contributed by atoms with Crippen LogP contribution in [0.15, 0.2) is 29.3 Å². The van der Waals surface area contributed by atoms with E-state index in [1.165, 1.54) is 0 Å². The molecular formula is C14H22ClN3O. The van der Waals surface area contributed by atoms with E-state index in [4.69, 9.17) is 16.3 Å². The molecule has 0 aromatic heterocycles. The van der Waals surface area contributed by atoms with E-state index in [9.17, 15) is 0 Å². The number of hydrogen-bond donors (Lipinski definition) is 0. The van der Waals surface area contributed by atoms with Crippen LogP contribution in [-0.2, 0) is 0 Å². The van der Waals surface area contributed by atoms with E-state index < -0.39 is 0 Å². The summed E-state index contributed by atoms with van der Waals surface area (Å²) in [5.41, 5.74) is 0. The van der Waals surface area contributed by atoms with Crippen molar-refractivity contribution in [2.45, 2.75) is 13.0 Å². The van der Waals surface area contributed by atoms with Crippen molar-refractivity contribution in [1.82, 2.24) is 9.80 Å². The highest BCUT2D eigenvalue weighted by atomic mass is 35.5. The molecule has 0 heterocycles. The number of halogens is 1. The molecule has 1 unspecified atom stereocenters. The van der Waals surface area contributed by atoms with E-state index in [0.717, 1.165) is 11.7 Å². The van der Waals surface area contributed by atoms with E-state index >= 15 is 0 Å². The fourth-order valence-electron chi connectivity index (χ4n) is 1.70. The van der Waals surface area contributed by atoms with Gasteiger partial charge in [-0.25, -0.2) is 4.99 Å². The average Bonchev–Trinajstić information content (AvgIpc) is 2.27. The number of guanidine groups is 1. The lowest BCUT2D eigenvalue weighted by Crippen LogP contribution is -2.36. The Labute approximate surface area is 120 Å². The van der Waals surface area contributed by atoms with E-state index in [1.807, 2.05) is 63.1 Å². The van der Waals surface area contributed by atoms with Gasteiger partial charge in [-0.3, -0.25) is 0 Å². The molecule has 106 valence electrons. The van der Waals surface area contributed by atoms with Crippen molar-refractivity contribution in [3.8, 4) is 5.75 Å². The van der Waals surface area contributed by atoms with Crippen LogP contribution in [-0.4, -0.2) is 56.6 Å². The molecule has 0 bridgehead atoms. The van der Waals surface area contributed by atoms with Crippen molar-refractivity contribution in [3.63, 3.8) is 0 Å². The summed E-state index contributed by atoms with van der Waals surface area (Å²) in [6, 6.07) is 7.40. The lowest BCUT2D eigenvalue weighted by atomic mass is 10.3. The largest absolute Gasteiger partial charge is 0.489 e. The second-order valence-corrected chi connectivity index (χ2v) is 5.25. The van der Waals surface area contributed by atoms with Crippen molar-refractivity contribution in [1.29, 1.82) is 0 Å². The first-order valence-electron chi connectivity index (χ1n) is 6.21. The molecule has 0 saturated heterocycles. The second kappa shape index (κ2) is 7.24. The van der Waals surface area contributed by atoms with Gasteiger partial charge >= 0.3 is 0 Å². The molecule has 1 aromatic carbocycles. The number of aliphatic imine (C=N–C) groups is 1. The fourth-order valence-corrected chi connectivity index (χ4v) is 1.88. The highest BCUT2D eigenvalue weighted by molar-refractivity contribution is 6.30. The molecule has 0 saturated carbocycles. The summed E-state index contributed by atoms with van der Waals surface area (Å²) in [5.74, 6) is 1.69. The Hall–Kier alpha value is -1.42. The molecule has 0 aliphatic rings. The third-order valence-corrected chi connectivity index (χ3v) is 2.66. The van der Waals surface area contributed by atoms with E-state index in [0.29, 0.717) is 11.6 Å². The lowest BCUT2D eigenvalue weighted by Gasteiger charge is -2.23. The van der Waals surface area contributed by atoms with Gasteiger partial charge in [0.05, 0.1) is 6.54 Å². The Bertz CT molecular complexity index is 422. The van der Waals surface area contributed by atoms with Gasteiger partial charge in [-0.1, -0.05) is 17.7 Å². The van der Waals surface area contributed by atoms with Crippen molar-refractivity contribution in [2.24, 2.45) is 4.99 Å². The summed E-state index contributed by atoms with van der Waals surface area (Å²) in [6.45, 7) is 2.59. The molecule has 0 spiro atoms. The minimum Gasteiger partial charge on any atom is -0.489 e. The Balaban J connectivity index is 2.60. The summed E-state index contributed by atoms with van der Waals surface area (Å²) < 4.78 is 5.78. The Kier molecular flexibility index (Phi) is 5.96. The normalized spacial score (nSPS) is 11.7. The Morgan fingerprint density at radius 1 is 1.26 bits per heavy atom. The van der Waals surface area contributed by atoms with Gasteiger partial charge < -0.3 is 14.5 Å². The van der Waals surface area contributed by atoms with Gasteiger partial charge in [-0.2, -0.15) is 0 Å². The van der Waals surface area contributed by atoms with Gasteiger partial charge in [-0.05, 0) is 25.1 Å². The smallest absolute Gasteiger partial charge is 0.195 e. The molecule has 19 heavy (non-hydrogen) atoms. The van der Waals surface area contributed by atoms with Gasteiger partial charge in [-0.15, -0.1) is 0 Å². The number of nitrogens with zero attached hydrogens (tertiary/aromatic N) is 3. The first-order valence-corrected chi connectivity index (χ1v) is 6.59. The highest BCUT2D eigenvalue weighted by Gasteiger charge is 2.07. The molecule has 0 N–H and O–H groups in total. The number of rotatable bonds is 4. The standard InChI is InChI=1S/C14H22ClN3O/c1-11(10-16-14(17(2)3)18(4)5)19-13-8-6-7-12(15)9-13/h6-9,11H,10H2,1-5H3. The third kappa shape index (κ3) is 5.39. The van der Waals surface area contributed by atoms with Gasteiger partial charge in [0.25, 0.3) is 0 Å². The average molecular weight is 284 g/mol. The minimum absolute atomic E-state index is 0.00614. The van der Waals surface area contributed by atoms with Crippen LogP contribution in [0.4, 0.5) is 0 Å². The molecule has 4 nitrogen and oxygen atoms in total. The topological polar surface area (TPSA) is 28.1 Å². The Morgan fingerprint density at radius 3 is 2.42 bits per heavy atom. The first kappa shape index (κ1) is 15.6. The molecule has 1 atom stereocenters. The molecule has 0 aliphatic carbocycles. The molecule has 0 fully saturated rings. The maximum atomic E-state index is 5.92. The fraction of sp³-hybridized carbons (Fsp3) is 0.500. The molecule has 0 amide bonds. The van der Waals surface area contributed by atoms with Gasteiger partial charge in [0.1, 0.15) is 11.9 Å². The van der Waals surface area contributed by atoms with E-state index in [-0.39, 0.29) is 6.10 Å². The van der Waals surface area contributed by atoms with Crippen LogP contribution in [0, 0.1) is 0 Å². The van der Waals surface area contributed by atoms with Crippen LogP contribution in [0.3, 0.4) is 0 Å². The summed E-state index contributed by atoms with van der Waals surface area (Å²) in [6.07, 6.45) is -0.00614. The Morgan fingerprint density at radius 2 is 1.89 bits per heavy atom. The summed E-state index contributed by atoms with van der Waals surface area (Å²) >= 11 is 5.92. The maximum Gasteiger partial charge on any atom is 0.195 e. The monoisotopic (exact) mass is 283 g/mol. The molecule has 0 aliphatic heterocycles. The predicted molar refractivity (Wildman–Crippen MR) is 81.2 cm³/mol. The zero-order valence-electron chi connectivity index (χ0n) is 12.2. The molecular weight excluding hydrogens is 262 g/mol. The zero-order chi connectivity index (χ0) is 14.4. The summed E-state index contributed by atoms with van der Waals surface area (Å²) in [4.78, 5) is 8.51. The number of ether oxygens (including phenoxy) is 1. The second-order valence-electron chi connectivity index (χ2n) is 4.82. The van der Waals surface area contributed by atoms with E-state index in [1.54, 1.807) is 6.07 Å². The molecule has 5 heteroatoms. The van der Waals surface area contributed by atoms with Crippen LogP contribution < -0.4 is 4.74 Å². The predicted octanol–water partition coefficient (Wildman–Crippen LogP) is 2.59. The van der Waals surface area contributed by atoms with E-state index in [2.05, 4.69) is 4.99 Å². The van der Waals surface area contributed by atoms with Gasteiger partial charge in [0, 0.05) is 33.2 Å². The van der Waals surface area contributed by atoms with Gasteiger partial charge in [0.15, 0.2) is 5.96 Å². The van der Waals surface area contributed by atoms with Crippen molar-refractivity contribution < 1.29 is 4.74 Å².